The van der Waals surface area contributed by atoms with Crippen molar-refractivity contribution in [2.45, 2.75) is 13.8 Å². The Kier molecular flexibility index (Phi) is 5.05. The number of hydrogen-bond acceptors (Lipinski definition) is 4. The largest absolute Gasteiger partial charge is 0.483 e. The van der Waals surface area contributed by atoms with Gasteiger partial charge in [0.05, 0.1) is 24.5 Å². The molecule has 16 heavy (non-hydrogen) atoms. The van der Waals surface area contributed by atoms with Gasteiger partial charge < -0.3 is 9.47 Å². The van der Waals surface area contributed by atoms with Gasteiger partial charge in [0.1, 0.15) is 0 Å². The SMILES string of the molecule is CCO/C=N\c1ccc(C(=O)OCC)cc1. The van der Waals surface area contributed by atoms with Crippen LogP contribution in [0.1, 0.15) is 24.2 Å². The first-order valence-electron chi connectivity index (χ1n) is 5.19. The number of benzene rings is 1. The van der Waals surface area contributed by atoms with Crippen molar-refractivity contribution < 1.29 is 14.3 Å². The van der Waals surface area contributed by atoms with E-state index in [-0.39, 0.29) is 5.97 Å². The van der Waals surface area contributed by atoms with Gasteiger partial charge >= 0.3 is 5.97 Å². The molecule has 0 bridgehead atoms. The Labute approximate surface area is 94.9 Å². The van der Waals surface area contributed by atoms with Gasteiger partial charge in [0.15, 0.2) is 6.40 Å². The molecule has 0 saturated heterocycles. The Balaban J connectivity index is 2.64. The fourth-order valence-corrected chi connectivity index (χ4v) is 1.07. The van der Waals surface area contributed by atoms with E-state index in [9.17, 15) is 4.79 Å². The lowest BCUT2D eigenvalue weighted by molar-refractivity contribution is 0.0526. The molecule has 0 aliphatic carbocycles. The van der Waals surface area contributed by atoms with E-state index in [2.05, 4.69) is 4.99 Å². The molecule has 4 heteroatoms. The molecule has 0 N–H and O–H groups in total. The third-order valence-electron chi connectivity index (χ3n) is 1.82. The zero-order valence-electron chi connectivity index (χ0n) is 9.47. The summed E-state index contributed by atoms with van der Waals surface area (Å²) in [6.45, 7) is 4.63. The van der Waals surface area contributed by atoms with Crippen molar-refractivity contribution in [1.29, 1.82) is 0 Å². The summed E-state index contributed by atoms with van der Waals surface area (Å²) in [4.78, 5) is 15.4. The molecule has 0 aliphatic heterocycles. The van der Waals surface area contributed by atoms with E-state index in [0.29, 0.717) is 18.8 Å². The molecule has 0 saturated carbocycles. The van der Waals surface area contributed by atoms with Gasteiger partial charge in [-0.05, 0) is 38.1 Å². The molecule has 0 fully saturated rings. The van der Waals surface area contributed by atoms with E-state index >= 15 is 0 Å². The summed E-state index contributed by atoms with van der Waals surface area (Å²) in [6.07, 6.45) is 1.39. The van der Waals surface area contributed by atoms with Crippen molar-refractivity contribution in [2.24, 2.45) is 4.99 Å². The second-order valence-electron chi connectivity index (χ2n) is 2.96. The highest BCUT2D eigenvalue weighted by Gasteiger charge is 2.04. The van der Waals surface area contributed by atoms with Crippen LogP contribution in [0.4, 0.5) is 5.69 Å². The molecule has 0 spiro atoms. The highest BCUT2D eigenvalue weighted by atomic mass is 16.5. The van der Waals surface area contributed by atoms with E-state index in [1.165, 1.54) is 6.40 Å². The Bertz CT molecular complexity index is 357. The number of ether oxygens (including phenoxy) is 2. The van der Waals surface area contributed by atoms with Gasteiger partial charge in [-0.3, -0.25) is 0 Å². The molecule has 0 amide bonds. The van der Waals surface area contributed by atoms with Gasteiger partial charge in [0, 0.05) is 0 Å². The summed E-state index contributed by atoms with van der Waals surface area (Å²) in [5.74, 6) is -0.317. The average molecular weight is 221 g/mol. The normalized spacial score (nSPS) is 10.4. The summed E-state index contributed by atoms with van der Waals surface area (Å²) in [5.41, 5.74) is 1.26. The molecule has 86 valence electrons. The van der Waals surface area contributed by atoms with E-state index in [4.69, 9.17) is 9.47 Å². The first kappa shape index (κ1) is 12.2. The van der Waals surface area contributed by atoms with Crippen LogP contribution in [0.3, 0.4) is 0 Å². The maximum atomic E-state index is 11.3. The third kappa shape index (κ3) is 3.73. The maximum Gasteiger partial charge on any atom is 0.338 e. The van der Waals surface area contributed by atoms with Gasteiger partial charge in [0.2, 0.25) is 0 Å². The van der Waals surface area contributed by atoms with Crippen molar-refractivity contribution >= 4 is 18.1 Å². The molecular weight excluding hydrogens is 206 g/mol. The average Bonchev–Trinajstić information content (AvgIpc) is 2.30. The molecule has 0 aromatic heterocycles. The highest BCUT2D eigenvalue weighted by molar-refractivity contribution is 5.89. The minimum Gasteiger partial charge on any atom is -0.483 e. The molecule has 0 unspecified atom stereocenters. The van der Waals surface area contributed by atoms with Crippen LogP contribution in [0.5, 0.6) is 0 Å². The number of aliphatic imine (C=N–C) groups is 1. The van der Waals surface area contributed by atoms with Crippen LogP contribution in [0.25, 0.3) is 0 Å². The van der Waals surface area contributed by atoms with Crippen molar-refractivity contribution in [1.82, 2.24) is 0 Å². The molecule has 1 aromatic carbocycles. The molecule has 1 rings (SSSR count). The van der Waals surface area contributed by atoms with Crippen LogP contribution in [-0.2, 0) is 9.47 Å². The topological polar surface area (TPSA) is 47.9 Å². The lowest BCUT2D eigenvalue weighted by Crippen LogP contribution is -2.03. The number of nitrogens with zero attached hydrogens (tertiary/aromatic N) is 1. The van der Waals surface area contributed by atoms with Gasteiger partial charge in [-0.15, -0.1) is 0 Å². The fourth-order valence-electron chi connectivity index (χ4n) is 1.07. The molecular formula is C12H15NO3. The predicted octanol–water partition coefficient (Wildman–Crippen LogP) is 2.56. The molecule has 0 atom stereocenters. The minimum atomic E-state index is -0.317. The van der Waals surface area contributed by atoms with Crippen LogP contribution in [0.15, 0.2) is 29.3 Å². The number of esters is 1. The molecule has 1 aromatic rings. The standard InChI is InChI=1S/C12H15NO3/c1-3-15-9-13-11-7-5-10(6-8-11)12(14)16-4-2/h5-9H,3-4H2,1-2H3/b13-9-. The van der Waals surface area contributed by atoms with Crippen LogP contribution in [-0.4, -0.2) is 25.6 Å². The van der Waals surface area contributed by atoms with Gasteiger partial charge in [-0.1, -0.05) is 0 Å². The Morgan fingerprint density at radius 1 is 1.25 bits per heavy atom. The Morgan fingerprint density at radius 2 is 1.94 bits per heavy atom. The quantitative estimate of drug-likeness (QED) is 0.436. The lowest BCUT2D eigenvalue weighted by Gasteiger charge is -2.01. The summed E-state index contributed by atoms with van der Waals surface area (Å²) < 4.78 is 9.83. The van der Waals surface area contributed by atoms with E-state index < -0.39 is 0 Å². The first-order valence-corrected chi connectivity index (χ1v) is 5.19. The first-order chi connectivity index (χ1) is 7.77. The van der Waals surface area contributed by atoms with E-state index in [0.717, 1.165) is 5.69 Å². The van der Waals surface area contributed by atoms with Crippen molar-refractivity contribution in [3.63, 3.8) is 0 Å². The summed E-state index contributed by atoms with van der Waals surface area (Å²) in [7, 11) is 0. The lowest BCUT2D eigenvalue weighted by atomic mass is 10.2. The minimum absolute atomic E-state index is 0.317. The number of hydrogen-bond donors (Lipinski definition) is 0. The maximum absolute atomic E-state index is 11.3. The van der Waals surface area contributed by atoms with Crippen LogP contribution in [0, 0.1) is 0 Å². The Morgan fingerprint density at radius 3 is 2.50 bits per heavy atom. The predicted molar refractivity (Wildman–Crippen MR) is 62.2 cm³/mol. The second kappa shape index (κ2) is 6.61. The number of carbonyl (C=O) groups is 1. The molecule has 0 aliphatic rings. The van der Waals surface area contributed by atoms with Crippen LogP contribution in [0.2, 0.25) is 0 Å². The zero-order valence-corrected chi connectivity index (χ0v) is 9.47. The highest BCUT2D eigenvalue weighted by Crippen LogP contribution is 2.13. The van der Waals surface area contributed by atoms with Crippen molar-refractivity contribution in [3.8, 4) is 0 Å². The second-order valence-corrected chi connectivity index (χ2v) is 2.96. The number of carbonyl (C=O) groups excluding carboxylic acids is 1. The fraction of sp³-hybridized carbons (Fsp3) is 0.333. The number of rotatable bonds is 5. The summed E-state index contributed by atoms with van der Waals surface area (Å²) in [6, 6.07) is 6.83. The van der Waals surface area contributed by atoms with Crippen molar-refractivity contribution in [3.05, 3.63) is 29.8 Å². The van der Waals surface area contributed by atoms with E-state index in [1.54, 1.807) is 31.2 Å². The third-order valence-corrected chi connectivity index (χ3v) is 1.82. The zero-order chi connectivity index (χ0) is 11.8. The molecule has 0 heterocycles. The van der Waals surface area contributed by atoms with E-state index in [1.807, 2.05) is 6.92 Å². The van der Waals surface area contributed by atoms with Crippen molar-refractivity contribution in [2.75, 3.05) is 13.2 Å². The van der Waals surface area contributed by atoms with Crippen LogP contribution >= 0.6 is 0 Å². The summed E-state index contributed by atoms with van der Waals surface area (Å²) in [5, 5.41) is 0. The molecule has 0 radical (unpaired) electrons. The Hall–Kier alpha value is -1.84. The van der Waals surface area contributed by atoms with Gasteiger partial charge in [-0.2, -0.15) is 0 Å². The van der Waals surface area contributed by atoms with Gasteiger partial charge in [0.25, 0.3) is 0 Å². The molecule has 4 nitrogen and oxygen atoms in total. The monoisotopic (exact) mass is 221 g/mol. The summed E-state index contributed by atoms with van der Waals surface area (Å²) >= 11 is 0. The van der Waals surface area contributed by atoms with Gasteiger partial charge in [-0.25, -0.2) is 9.79 Å². The smallest absolute Gasteiger partial charge is 0.338 e. The van der Waals surface area contributed by atoms with Crippen LogP contribution < -0.4 is 0 Å².